The molecule has 6 heteroatoms. The lowest BCUT2D eigenvalue weighted by atomic mass is 10.2. The van der Waals surface area contributed by atoms with Crippen LogP contribution in [0, 0.1) is 0 Å². The summed E-state index contributed by atoms with van der Waals surface area (Å²) in [5, 5.41) is 11.8. The maximum absolute atomic E-state index is 11.1. The standard InChI is InChI=1S/C7H10BrNO4/c8-2-6(11)13-7(12)5-1-4(10)3-9-5/h4-5,9-10H,1-3H2/t4-,5-/m0/s1. The number of carbonyl (C=O) groups excluding carboxylic acids is 2. The van der Waals surface area contributed by atoms with E-state index in [1.165, 1.54) is 0 Å². The van der Waals surface area contributed by atoms with E-state index in [-0.39, 0.29) is 5.33 Å². The highest BCUT2D eigenvalue weighted by Crippen LogP contribution is 2.07. The van der Waals surface area contributed by atoms with E-state index in [1.807, 2.05) is 0 Å². The van der Waals surface area contributed by atoms with Gasteiger partial charge in [0, 0.05) is 13.0 Å². The first-order valence-electron chi connectivity index (χ1n) is 3.85. The molecule has 0 aromatic heterocycles. The van der Waals surface area contributed by atoms with E-state index in [9.17, 15) is 9.59 Å². The largest absolute Gasteiger partial charge is 0.392 e. The predicted molar refractivity (Wildman–Crippen MR) is 47.3 cm³/mol. The van der Waals surface area contributed by atoms with Crippen LogP contribution in [0.15, 0.2) is 0 Å². The highest BCUT2D eigenvalue weighted by atomic mass is 79.9. The number of alkyl halides is 1. The number of esters is 2. The van der Waals surface area contributed by atoms with Crippen LogP contribution in [0.4, 0.5) is 0 Å². The van der Waals surface area contributed by atoms with E-state index in [1.54, 1.807) is 0 Å². The topological polar surface area (TPSA) is 75.6 Å². The maximum atomic E-state index is 11.1. The molecule has 1 rings (SSSR count). The van der Waals surface area contributed by atoms with Gasteiger partial charge in [0.15, 0.2) is 0 Å². The Balaban J connectivity index is 2.36. The van der Waals surface area contributed by atoms with Crippen molar-refractivity contribution in [2.24, 2.45) is 0 Å². The van der Waals surface area contributed by atoms with E-state index < -0.39 is 24.1 Å². The number of carbonyl (C=O) groups is 2. The molecule has 0 spiro atoms. The lowest BCUT2D eigenvalue weighted by Gasteiger charge is -2.06. The zero-order valence-electron chi connectivity index (χ0n) is 6.83. The van der Waals surface area contributed by atoms with Gasteiger partial charge in [-0.25, -0.2) is 4.79 Å². The number of ether oxygens (including phenoxy) is 1. The Hall–Kier alpha value is -0.460. The number of aliphatic hydroxyl groups excluding tert-OH is 1. The first-order chi connectivity index (χ1) is 6.13. The van der Waals surface area contributed by atoms with E-state index in [4.69, 9.17) is 5.11 Å². The van der Waals surface area contributed by atoms with Crippen molar-refractivity contribution in [1.29, 1.82) is 0 Å². The zero-order valence-corrected chi connectivity index (χ0v) is 8.41. The first-order valence-corrected chi connectivity index (χ1v) is 4.97. The van der Waals surface area contributed by atoms with Crippen LogP contribution in [0.2, 0.25) is 0 Å². The number of aliphatic hydroxyl groups is 1. The Morgan fingerprint density at radius 3 is 2.77 bits per heavy atom. The average Bonchev–Trinajstić information content (AvgIpc) is 2.51. The number of halogens is 1. The van der Waals surface area contributed by atoms with Crippen molar-refractivity contribution in [3.8, 4) is 0 Å². The third-order valence-electron chi connectivity index (χ3n) is 1.72. The molecule has 74 valence electrons. The second kappa shape index (κ2) is 4.69. The van der Waals surface area contributed by atoms with Crippen LogP contribution in [0.5, 0.6) is 0 Å². The summed E-state index contributed by atoms with van der Waals surface area (Å²) in [7, 11) is 0. The fourth-order valence-corrected chi connectivity index (χ4v) is 1.22. The van der Waals surface area contributed by atoms with Crippen molar-refractivity contribution in [2.45, 2.75) is 18.6 Å². The van der Waals surface area contributed by atoms with Gasteiger partial charge in [-0.1, -0.05) is 15.9 Å². The third kappa shape index (κ3) is 3.06. The number of hydrogen-bond donors (Lipinski definition) is 2. The lowest BCUT2D eigenvalue weighted by molar-refractivity contribution is -0.159. The summed E-state index contributed by atoms with van der Waals surface area (Å²) in [4.78, 5) is 21.8. The minimum absolute atomic E-state index is 0.00594. The van der Waals surface area contributed by atoms with Crippen molar-refractivity contribution in [3.63, 3.8) is 0 Å². The fraction of sp³-hybridized carbons (Fsp3) is 0.714. The summed E-state index contributed by atoms with van der Waals surface area (Å²) < 4.78 is 4.43. The predicted octanol–water partition coefficient (Wildman–Crippen LogP) is -0.826. The Bertz CT molecular complexity index is 221. The summed E-state index contributed by atoms with van der Waals surface area (Å²) >= 11 is 2.87. The van der Waals surface area contributed by atoms with Gasteiger partial charge in [-0.15, -0.1) is 0 Å². The molecule has 1 heterocycles. The van der Waals surface area contributed by atoms with Gasteiger partial charge in [0.05, 0.1) is 6.10 Å². The molecule has 0 amide bonds. The minimum atomic E-state index is -0.624. The SMILES string of the molecule is O=C(CBr)OC(=O)[C@@H]1C[C@H](O)CN1. The fourth-order valence-electron chi connectivity index (χ4n) is 1.11. The van der Waals surface area contributed by atoms with Crippen LogP contribution < -0.4 is 5.32 Å². The zero-order chi connectivity index (χ0) is 9.84. The number of β-amino-alcohol motifs (C(OH)–C–C–N with tert-alkyl or cyclic N) is 1. The van der Waals surface area contributed by atoms with Gasteiger partial charge < -0.3 is 15.2 Å². The summed E-state index contributed by atoms with van der Waals surface area (Å²) in [6, 6.07) is -0.557. The molecule has 1 saturated heterocycles. The molecule has 1 aliphatic heterocycles. The molecule has 1 fully saturated rings. The summed E-state index contributed by atoms with van der Waals surface area (Å²) in [6.45, 7) is 0.363. The smallest absolute Gasteiger partial charge is 0.330 e. The number of rotatable bonds is 2. The molecule has 0 aromatic rings. The lowest BCUT2D eigenvalue weighted by Crippen LogP contribution is -2.34. The molecule has 13 heavy (non-hydrogen) atoms. The van der Waals surface area contributed by atoms with Gasteiger partial charge in [0.1, 0.15) is 11.4 Å². The Labute approximate surface area is 83.6 Å². The first kappa shape index (κ1) is 10.6. The monoisotopic (exact) mass is 251 g/mol. The van der Waals surface area contributed by atoms with E-state index >= 15 is 0 Å². The van der Waals surface area contributed by atoms with Crippen molar-refractivity contribution in [1.82, 2.24) is 5.32 Å². The van der Waals surface area contributed by atoms with Crippen molar-refractivity contribution < 1.29 is 19.4 Å². The summed E-state index contributed by atoms with van der Waals surface area (Å²) in [5.41, 5.74) is 0. The number of hydrogen-bond acceptors (Lipinski definition) is 5. The van der Waals surface area contributed by atoms with Gasteiger partial charge in [0.25, 0.3) is 0 Å². The highest BCUT2D eigenvalue weighted by molar-refractivity contribution is 9.09. The van der Waals surface area contributed by atoms with Crippen molar-refractivity contribution in [2.75, 3.05) is 11.9 Å². The van der Waals surface area contributed by atoms with Gasteiger partial charge in [0.2, 0.25) is 0 Å². The molecule has 0 bridgehead atoms. The van der Waals surface area contributed by atoms with Gasteiger partial charge in [-0.05, 0) is 0 Å². The molecular formula is C7H10BrNO4. The van der Waals surface area contributed by atoms with Gasteiger partial charge in [-0.3, -0.25) is 4.79 Å². The third-order valence-corrected chi connectivity index (χ3v) is 2.17. The summed E-state index contributed by atoms with van der Waals surface area (Å²) in [6.07, 6.45) is -0.231. The second-order valence-corrected chi connectivity index (χ2v) is 3.34. The quantitative estimate of drug-likeness (QED) is 0.381. The number of nitrogens with one attached hydrogen (secondary N) is 1. The normalized spacial score (nSPS) is 27.2. The van der Waals surface area contributed by atoms with Crippen LogP contribution in [0.1, 0.15) is 6.42 Å². The van der Waals surface area contributed by atoms with Crippen LogP contribution in [0.25, 0.3) is 0 Å². The van der Waals surface area contributed by atoms with Crippen LogP contribution >= 0.6 is 15.9 Å². The molecule has 0 aromatic carbocycles. The van der Waals surface area contributed by atoms with E-state index in [0.717, 1.165) is 0 Å². The van der Waals surface area contributed by atoms with Crippen LogP contribution in [-0.4, -0.2) is 41.1 Å². The Morgan fingerprint density at radius 1 is 1.62 bits per heavy atom. The molecule has 0 unspecified atom stereocenters. The van der Waals surface area contributed by atoms with E-state index in [0.29, 0.717) is 13.0 Å². The second-order valence-electron chi connectivity index (χ2n) is 2.78. The molecule has 5 nitrogen and oxygen atoms in total. The van der Waals surface area contributed by atoms with Crippen molar-refractivity contribution in [3.05, 3.63) is 0 Å². The van der Waals surface area contributed by atoms with Gasteiger partial charge in [-0.2, -0.15) is 0 Å². The van der Waals surface area contributed by atoms with Gasteiger partial charge >= 0.3 is 11.9 Å². The molecule has 2 N–H and O–H groups in total. The highest BCUT2D eigenvalue weighted by Gasteiger charge is 2.30. The summed E-state index contributed by atoms with van der Waals surface area (Å²) in [5.74, 6) is -1.24. The molecule has 0 aliphatic carbocycles. The van der Waals surface area contributed by atoms with Crippen molar-refractivity contribution >= 4 is 27.9 Å². The molecule has 2 atom stereocenters. The Morgan fingerprint density at radius 2 is 2.31 bits per heavy atom. The molecule has 1 aliphatic rings. The molecule has 0 radical (unpaired) electrons. The molecular weight excluding hydrogens is 242 g/mol. The average molecular weight is 252 g/mol. The van der Waals surface area contributed by atoms with Crippen LogP contribution in [-0.2, 0) is 14.3 Å². The van der Waals surface area contributed by atoms with Crippen LogP contribution in [0.3, 0.4) is 0 Å². The Kier molecular flexibility index (Phi) is 3.83. The maximum Gasteiger partial charge on any atom is 0.330 e. The molecule has 0 saturated carbocycles. The minimum Gasteiger partial charge on any atom is -0.392 e. The van der Waals surface area contributed by atoms with E-state index in [2.05, 4.69) is 26.0 Å².